The molecule has 10 heteroatoms. The smallest absolute Gasteiger partial charge is 0.368 e. The van der Waals surface area contributed by atoms with Crippen LogP contribution in [-0.2, 0) is 6.54 Å². The van der Waals surface area contributed by atoms with E-state index in [-0.39, 0.29) is 11.6 Å². The number of hydrogen-bond donors (Lipinski definition) is 2. The van der Waals surface area contributed by atoms with E-state index in [0.29, 0.717) is 23.3 Å². The molecule has 10 nitrogen and oxygen atoms in total. The maximum Gasteiger partial charge on any atom is 0.439 e. The van der Waals surface area contributed by atoms with Crippen molar-refractivity contribution in [1.29, 1.82) is 0 Å². The number of allylic oxidation sites excluding steroid dienone is 2. The van der Waals surface area contributed by atoms with Crippen LogP contribution in [0.25, 0.3) is 34.3 Å². The number of H-pyrrole nitrogens is 1. The van der Waals surface area contributed by atoms with E-state index in [4.69, 9.17) is 24.5 Å². The molecule has 40 heavy (non-hydrogen) atoms. The van der Waals surface area contributed by atoms with Gasteiger partial charge in [-0.1, -0.05) is 56.8 Å². The van der Waals surface area contributed by atoms with E-state index in [2.05, 4.69) is 59.0 Å². The lowest BCUT2D eigenvalue weighted by Gasteiger charge is -2.25. The van der Waals surface area contributed by atoms with Crippen LogP contribution in [0.15, 0.2) is 39.3 Å². The summed E-state index contributed by atoms with van der Waals surface area (Å²) in [6, 6.07) is 4.19. The number of nitrogens with one attached hydrogen (secondary N) is 2. The van der Waals surface area contributed by atoms with Crippen LogP contribution >= 0.6 is 0 Å². The molecular weight excluding hydrogens is 504 g/mol. The summed E-state index contributed by atoms with van der Waals surface area (Å²) in [5.41, 5.74) is 4.99. The highest BCUT2D eigenvalue weighted by Gasteiger charge is 2.25. The summed E-state index contributed by atoms with van der Waals surface area (Å²) in [6.45, 7) is 8.21. The molecular formula is C30H38N8O2. The van der Waals surface area contributed by atoms with Crippen LogP contribution in [0.3, 0.4) is 0 Å². The maximum atomic E-state index is 11.7. The number of hydrogen-bond acceptors (Lipinski definition) is 8. The van der Waals surface area contributed by atoms with Gasteiger partial charge in [0, 0.05) is 19.3 Å². The van der Waals surface area contributed by atoms with Crippen LogP contribution in [-0.4, -0.2) is 41.2 Å². The van der Waals surface area contributed by atoms with Gasteiger partial charge in [-0.25, -0.2) is 19.7 Å². The molecule has 2 aliphatic rings. The highest BCUT2D eigenvalue weighted by molar-refractivity contribution is 5.88. The minimum absolute atomic E-state index is 0.189. The van der Waals surface area contributed by atoms with Crippen LogP contribution in [0, 0.1) is 11.8 Å². The average molecular weight is 543 g/mol. The number of imidazole rings is 1. The number of aromatic amines is 1. The summed E-state index contributed by atoms with van der Waals surface area (Å²) in [7, 11) is 0. The fourth-order valence-electron chi connectivity index (χ4n) is 5.76. The normalized spacial score (nSPS) is 17.8. The number of fused-ring (bicyclic) bond motifs is 1. The first kappa shape index (κ1) is 26.4. The Hall–Kier alpha value is -3.82. The SMILES string of the molecule is CCC1=CCC(Cn2c(-c3cc(C(C)C)ccn3)nc3nc(-c4noc(=O)[nH]4)nc(NCCC4CCC4)c32)CC1. The molecule has 1 atom stereocenters. The van der Waals surface area contributed by atoms with E-state index in [1.807, 2.05) is 6.20 Å². The minimum Gasteiger partial charge on any atom is -0.368 e. The van der Waals surface area contributed by atoms with E-state index in [1.165, 1.54) is 24.8 Å². The molecule has 1 fully saturated rings. The van der Waals surface area contributed by atoms with Crippen molar-refractivity contribution in [1.82, 2.24) is 34.6 Å². The largest absolute Gasteiger partial charge is 0.439 e. The predicted molar refractivity (Wildman–Crippen MR) is 155 cm³/mol. The zero-order valence-corrected chi connectivity index (χ0v) is 23.6. The standard InChI is InChI=1S/C30H38N8O2/c1-4-19-8-10-21(11-9-19)17-38-24-25(32-14-12-20-6-5-7-20)33-27(28-36-30(39)40-37-28)34-26(24)35-29(38)23-16-22(18(2)3)13-15-31-23/h8,13,15-16,18,20-21H,4-7,9-12,14,17H2,1-3H3,(H,32,33,34)(H,36,37,39). The molecule has 4 aromatic rings. The highest BCUT2D eigenvalue weighted by atomic mass is 16.5. The molecule has 0 amide bonds. The van der Waals surface area contributed by atoms with Gasteiger partial charge < -0.3 is 9.88 Å². The second-order valence-corrected chi connectivity index (χ2v) is 11.6. The Kier molecular flexibility index (Phi) is 7.49. The van der Waals surface area contributed by atoms with Gasteiger partial charge in [0.05, 0.1) is 0 Å². The van der Waals surface area contributed by atoms with Crippen molar-refractivity contribution in [2.75, 3.05) is 11.9 Å². The highest BCUT2D eigenvalue weighted by Crippen LogP contribution is 2.34. The number of anilines is 1. The van der Waals surface area contributed by atoms with Gasteiger partial charge in [-0.15, -0.1) is 0 Å². The van der Waals surface area contributed by atoms with E-state index < -0.39 is 5.76 Å². The monoisotopic (exact) mass is 542 g/mol. The predicted octanol–water partition coefficient (Wildman–Crippen LogP) is 6.09. The molecule has 210 valence electrons. The summed E-state index contributed by atoms with van der Waals surface area (Å²) in [5.74, 6) is 2.92. The van der Waals surface area contributed by atoms with Crippen LogP contribution in [0.4, 0.5) is 5.82 Å². The zero-order chi connectivity index (χ0) is 27.6. The lowest BCUT2D eigenvalue weighted by molar-refractivity contribution is 0.303. The molecule has 1 saturated carbocycles. The lowest BCUT2D eigenvalue weighted by atomic mass is 9.83. The summed E-state index contributed by atoms with van der Waals surface area (Å²) >= 11 is 0. The molecule has 0 aliphatic heterocycles. The third-order valence-corrected chi connectivity index (χ3v) is 8.51. The van der Waals surface area contributed by atoms with Crippen molar-refractivity contribution in [3.8, 4) is 23.2 Å². The fraction of sp³-hybridized carbons (Fsp3) is 0.533. The topological polar surface area (TPSA) is 127 Å². The van der Waals surface area contributed by atoms with Crippen molar-refractivity contribution in [3.05, 3.63) is 46.1 Å². The number of aromatic nitrogens is 7. The van der Waals surface area contributed by atoms with Crippen LogP contribution in [0.5, 0.6) is 0 Å². The molecule has 2 aliphatic carbocycles. The first-order valence-corrected chi connectivity index (χ1v) is 14.7. The minimum atomic E-state index is -0.643. The summed E-state index contributed by atoms with van der Waals surface area (Å²) in [5, 5.41) is 7.44. The number of pyridine rings is 1. The van der Waals surface area contributed by atoms with Crippen molar-refractivity contribution in [3.63, 3.8) is 0 Å². The molecule has 0 aromatic carbocycles. The maximum absolute atomic E-state index is 11.7. The Bertz CT molecular complexity index is 1580. The Balaban J connectivity index is 1.47. The first-order chi connectivity index (χ1) is 19.5. The van der Waals surface area contributed by atoms with Gasteiger partial charge in [0.1, 0.15) is 11.2 Å². The van der Waals surface area contributed by atoms with Gasteiger partial charge >= 0.3 is 5.76 Å². The van der Waals surface area contributed by atoms with Gasteiger partial charge in [0.25, 0.3) is 0 Å². The lowest BCUT2D eigenvalue weighted by Crippen LogP contribution is -2.18. The molecule has 0 saturated heterocycles. The van der Waals surface area contributed by atoms with E-state index in [9.17, 15) is 4.79 Å². The van der Waals surface area contributed by atoms with Crippen molar-refractivity contribution >= 4 is 17.0 Å². The van der Waals surface area contributed by atoms with Crippen molar-refractivity contribution in [2.45, 2.75) is 84.6 Å². The second kappa shape index (κ2) is 11.3. The molecule has 6 rings (SSSR count). The fourth-order valence-corrected chi connectivity index (χ4v) is 5.76. The van der Waals surface area contributed by atoms with Crippen molar-refractivity contribution < 1.29 is 4.52 Å². The Labute approximate surface area is 233 Å². The molecule has 4 aromatic heterocycles. The van der Waals surface area contributed by atoms with Gasteiger partial charge in [0.2, 0.25) is 11.6 Å². The summed E-state index contributed by atoms with van der Waals surface area (Å²) in [4.78, 5) is 33.7. The van der Waals surface area contributed by atoms with E-state index in [1.54, 1.807) is 5.57 Å². The molecule has 2 N–H and O–H groups in total. The third kappa shape index (κ3) is 5.44. The Morgan fingerprint density at radius 3 is 2.73 bits per heavy atom. The Morgan fingerprint density at radius 1 is 1.18 bits per heavy atom. The number of nitrogens with zero attached hydrogens (tertiary/aromatic N) is 6. The zero-order valence-electron chi connectivity index (χ0n) is 23.6. The summed E-state index contributed by atoms with van der Waals surface area (Å²) < 4.78 is 7.02. The molecule has 1 unspecified atom stereocenters. The van der Waals surface area contributed by atoms with Crippen molar-refractivity contribution in [2.24, 2.45) is 11.8 Å². The van der Waals surface area contributed by atoms with Crippen LogP contribution < -0.4 is 11.1 Å². The second-order valence-electron chi connectivity index (χ2n) is 11.6. The van der Waals surface area contributed by atoms with E-state index in [0.717, 1.165) is 68.1 Å². The molecule has 0 radical (unpaired) electrons. The molecule has 0 bridgehead atoms. The first-order valence-electron chi connectivity index (χ1n) is 14.7. The van der Waals surface area contributed by atoms with E-state index >= 15 is 0 Å². The van der Waals surface area contributed by atoms with Gasteiger partial charge in [-0.3, -0.25) is 14.5 Å². The van der Waals surface area contributed by atoms with Gasteiger partial charge in [-0.2, -0.15) is 0 Å². The van der Waals surface area contributed by atoms with Crippen LogP contribution in [0.2, 0.25) is 0 Å². The average Bonchev–Trinajstić information content (AvgIpc) is 3.54. The third-order valence-electron chi connectivity index (χ3n) is 8.51. The summed E-state index contributed by atoms with van der Waals surface area (Å²) in [6.07, 6.45) is 13.7. The van der Waals surface area contributed by atoms with Crippen LogP contribution in [0.1, 0.15) is 83.6 Å². The van der Waals surface area contributed by atoms with Gasteiger partial charge in [0.15, 0.2) is 17.3 Å². The Morgan fingerprint density at radius 2 is 2.05 bits per heavy atom. The number of rotatable bonds is 10. The molecule has 0 spiro atoms. The molecule has 4 heterocycles. The quantitative estimate of drug-likeness (QED) is 0.230. The van der Waals surface area contributed by atoms with Gasteiger partial charge in [-0.05, 0) is 67.6 Å².